The van der Waals surface area contributed by atoms with E-state index in [1.54, 1.807) is 13.8 Å². The molecule has 1 aromatic rings. The number of amides is 1. The van der Waals surface area contributed by atoms with Gasteiger partial charge in [0.25, 0.3) is 0 Å². The number of hydrogen-bond acceptors (Lipinski definition) is 3. The van der Waals surface area contributed by atoms with Crippen LogP contribution in [-0.4, -0.2) is 17.0 Å². The molecule has 110 valence electrons. The van der Waals surface area contributed by atoms with Crippen molar-refractivity contribution >= 4 is 17.4 Å². The lowest BCUT2D eigenvalue weighted by atomic mass is 9.93. The smallest absolute Gasteiger partial charge is 0.235 e. The van der Waals surface area contributed by atoms with Gasteiger partial charge in [-0.05, 0) is 5.92 Å². The molecule has 1 rings (SSSR count). The third-order valence-corrected chi connectivity index (χ3v) is 2.63. The first-order chi connectivity index (χ1) is 9.27. The number of hydrogen-bond donors (Lipinski definition) is 3. The van der Waals surface area contributed by atoms with Gasteiger partial charge < -0.3 is 16.3 Å². The van der Waals surface area contributed by atoms with Crippen molar-refractivity contribution in [3.63, 3.8) is 0 Å². The Morgan fingerprint density at radius 1 is 1.35 bits per heavy atom. The molecule has 0 aromatic heterocycles. The number of halogens is 3. The summed E-state index contributed by atoms with van der Waals surface area (Å²) < 4.78 is 39.4. The van der Waals surface area contributed by atoms with Crippen molar-refractivity contribution in [3.8, 4) is 0 Å². The van der Waals surface area contributed by atoms with E-state index in [2.05, 4.69) is 5.16 Å². The summed E-state index contributed by atoms with van der Waals surface area (Å²) in [5.41, 5.74) is 4.72. The van der Waals surface area contributed by atoms with Crippen LogP contribution in [0.3, 0.4) is 0 Å². The number of benzene rings is 1. The number of carbonyl (C=O) groups is 1. The van der Waals surface area contributed by atoms with Gasteiger partial charge in [0, 0.05) is 12.1 Å². The van der Waals surface area contributed by atoms with Crippen molar-refractivity contribution in [1.29, 1.82) is 0 Å². The second-order valence-electron chi connectivity index (χ2n) is 4.48. The van der Waals surface area contributed by atoms with E-state index in [9.17, 15) is 18.0 Å². The van der Waals surface area contributed by atoms with Crippen LogP contribution in [0.25, 0.3) is 0 Å². The van der Waals surface area contributed by atoms with Gasteiger partial charge in [-0.1, -0.05) is 19.0 Å². The summed E-state index contributed by atoms with van der Waals surface area (Å²) in [6, 6.07) is 0.994. The van der Waals surface area contributed by atoms with Gasteiger partial charge in [0.05, 0.1) is 5.69 Å². The minimum absolute atomic E-state index is 0.356. The molecule has 0 aliphatic carbocycles. The Morgan fingerprint density at radius 3 is 2.45 bits per heavy atom. The second-order valence-corrected chi connectivity index (χ2v) is 4.48. The molecule has 4 N–H and O–H groups in total. The van der Waals surface area contributed by atoms with Crippen molar-refractivity contribution in [3.05, 3.63) is 29.6 Å². The number of amidine groups is 1. The third-order valence-electron chi connectivity index (χ3n) is 2.63. The van der Waals surface area contributed by atoms with Gasteiger partial charge >= 0.3 is 0 Å². The highest BCUT2D eigenvalue weighted by atomic mass is 19.2. The van der Waals surface area contributed by atoms with Crippen LogP contribution >= 0.6 is 0 Å². The Bertz CT molecular complexity index is 547. The Morgan fingerprint density at radius 2 is 1.95 bits per heavy atom. The average molecular weight is 289 g/mol. The number of nitrogens with two attached hydrogens (primary N) is 1. The fourth-order valence-electron chi connectivity index (χ4n) is 1.70. The maximum atomic E-state index is 13.4. The molecule has 0 heterocycles. The number of rotatable bonds is 4. The fraction of sp³-hybridized carbons (Fsp3) is 0.333. The standard InChI is InChI=1S/C12H14F3N3O2/c1-5(2)9(11(16)18-20)12(19)17-8-4-6(13)3-7(14)10(8)15/h3-5,9,20H,1-2H3,(H2,16,18)(H,17,19). The Kier molecular flexibility index (Phi) is 4.95. The summed E-state index contributed by atoms with van der Waals surface area (Å²) in [6.07, 6.45) is 0. The summed E-state index contributed by atoms with van der Waals surface area (Å²) in [5.74, 6) is -6.50. The minimum atomic E-state index is -1.43. The highest BCUT2D eigenvalue weighted by Gasteiger charge is 2.28. The van der Waals surface area contributed by atoms with Gasteiger partial charge in [-0.15, -0.1) is 0 Å². The van der Waals surface area contributed by atoms with E-state index in [1.165, 1.54) is 0 Å². The van der Waals surface area contributed by atoms with E-state index >= 15 is 0 Å². The first kappa shape index (κ1) is 15.8. The minimum Gasteiger partial charge on any atom is -0.409 e. The van der Waals surface area contributed by atoms with Crippen molar-refractivity contribution in [1.82, 2.24) is 0 Å². The first-order valence-electron chi connectivity index (χ1n) is 5.70. The number of nitrogens with one attached hydrogen (secondary N) is 1. The van der Waals surface area contributed by atoms with Crippen LogP contribution in [0.4, 0.5) is 18.9 Å². The van der Waals surface area contributed by atoms with Crippen molar-refractivity contribution in [2.45, 2.75) is 13.8 Å². The van der Waals surface area contributed by atoms with Crippen LogP contribution in [0.2, 0.25) is 0 Å². The van der Waals surface area contributed by atoms with E-state index in [0.29, 0.717) is 12.1 Å². The zero-order valence-corrected chi connectivity index (χ0v) is 10.8. The molecule has 1 aromatic carbocycles. The molecule has 1 amide bonds. The monoisotopic (exact) mass is 289 g/mol. The average Bonchev–Trinajstić information content (AvgIpc) is 2.34. The van der Waals surface area contributed by atoms with E-state index in [-0.39, 0.29) is 11.8 Å². The maximum Gasteiger partial charge on any atom is 0.235 e. The molecule has 0 saturated heterocycles. The molecular weight excluding hydrogens is 275 g/mol. The molecule has 0 spiro atoms. The molecule has 0 radical (unpaired) electrons. The number of carbonyl (C=O) groups excluding carboxylic acids is 1. The van der Waals surface area contributed by atoms with Crippen molar-refractivity contribution in [2.24, 2.45) is 22.7 Å². The van der Waals surface area contributed by atoms with E-state index in [4.69, 9.17) is 10.9 Å². The lowest BCUT2D eigenvalue weighted by Crippen LogP contribution is -2.38. The Balaban J connectivity index is 3.06. The van der Waals surface area contributed by atoms with Crippen LogP contribution in [0, 0.1) is 29.3 Å². The van der Waals surface area contributed by atoms with Gasteiger partial charge in [0.2, 0.25) is 5.91 Å². The van der Waals surface area contributed by atoms with Gasteiger partial charge in [-0.2, -0.15) is 0 Å². The molecule has 0 aliphatic heterocycles. The van der Waals surface area contributed by atoms with Crippen molar-refractivity contribution < 1.29 is 23.2 Å². The van der Waals surface area contributed by atoms with Gasteiger partial charge in [0.15, 0.2) is 17.5 Å². The molecular formula is C12H14F3N3O2. The van der Waals surface area contributed by atoms with Gasteiger partial charge in [0.1, 0.15) is 11.7 Å². The van der Waals surface area contributed by atoms with E-state index < -0.39 is 35.0 Å². The van der Waals surface area contributed by atoms with E-state index in [1.807, 2.05) is 5.32 Å². The fourth-order valence-corrected chi connectivity index (χ4v) is 1.70. The molecule has 0 bridgehead atoms. The SMILES string of the molecule is CC(C)C(C(=O)Nc1cc(F)cc(F)c1F)C(N)=NO. The topological polar surface area (TPSA) is 87.7 Å². The summed E-state index contributed by atoms with van der Waals surface area (Å²) in [6.45, 7) is 3.23. The highest BCUT2D eigenvalue weighted by Crippen LogP contribution is 2.21. The van der Waals surface area contributed by atoms with Crippen LogP contribution in [-0.2, 0) is 4.79 Å². The van der Waals surface area contributed by atoms with Crippen LogP contribution in [0.5, 0.6) is 0 Å². The molecule has 0 aliphatic rings. The molecule has 0 fully saturated rings. The highest BCUT2D eigenvalue weighted by molar-refractivity contribution is 6.07. The zero-order valence-electron chi connectivity index (χ0n) is 10.8. The zero-order chi connectivity index (χ0) is 15.4. The number of nitrogens with zero attached hydrogens (tertiary/aromatic N) is 1. The number of anilines is 1. The quantitative estimate of drug-likeness (QED) is 0.261. The van der Waals surface area contributed by atoms with Gasteiger partial charge in [-0.25, -0.2) is 13.2 Å². The number of oxime groups is 1. The summed E-state index contributed by atoms with van der Waals surface area (Å²) in [5, 5.41) is 13.3. The predicted molar refractivity (Wildman–Crippen MR) is 66.7 cm³/mol. The largest absolute Gasteiger partial charge is 0.409 e. The Labute approximate surface area is 113 Å². The molecule has 1 unspecified atom stereocenters. The molecule has 0 saturated carbocycles. The first-order valence-corrected chi connectivity index (χ1v) is 5.70. The summed E-state index contributed by atoms with van der Waals surface area (Å²) in [7, 11) is 0. The maximum absolute atomic E-state index is 13.4. The molecule has 8 heteroatoms. The second kappa shape index (κ2) is 6.27. The molecule has 20 heavy (non-hydrogen) atoms. The van der Waals surface area contributed by atoms with Crippen LogP contribution in [0.15, 0.2) is 17.3 Å². The predicted octanol–water partition coefficient (Wildman–Crippen LogP) is 2.06. The summed E-state index contributed by atoms with van der Waals surface area (Å²) in [4.78, 5) is 11.9. The Hall–Kier alpha value is -2.25. The normalized spacial score (nSPS) is 13.4. The summed E-state index contributed by atoms with van der Waals surface area (Å²) >= 11 is 0. The van der Waals surface area contributed by atoms with Crippen LogP contribution in [0.1, 0.15) is 13.8 Å². The molecule has 5 nitrogen and oxygen atoms in total. The molecule has 1 atom stereocenters. The van der Waals surface area contributed by atoms with Gasteiger partial charge in [-0.3, -0.25) is 4.79 Å². The third kappa shape index (κ3) is 3.40. The lowest BCUT2D eigenvalue weighted by molar-refractivity contribution is -0.119. The van der Waals surface area contributed by atoms with Crippen molar-refractivity contribution in [2.75, 3.05) is 5.32 Å². The van der Waals surface area contributed by atoms with E-state index in [0.717, 1.165) is 0 Å². The lowest BCUT2D eigenvalue weighted by Gasteiger charge is -2.19. The van der Waals surface area contributed by atoms with Crippen LogP contribution < -0.4 is 11.1 Å².